The summed E-state index contributed by atoms with van der Waals surface area (Å²) in [6.45, 7) is 0.467. The minimum Gasteiger partial charge on any atom is -0.369 e. The van der Waals surface area contributed by atoms with Gasteiger partial charge in [-0.15, -0.1) is 20.4 Å². The van der Waals surface area contributed by atoms with E-state index in [4.69, 9.17) is 5.73 Å². The first-order valence-corrected chi connectivity index (χ1v) is 10.4. The number of hydrogen-bond donors (Lipinski definition) is 3. The molecule has 0 radical (unpaired) electrons. The van der Waals surface area contributed by atoms with Crippen LogP contribution >= 0.6 is 11.3 Å². The third kappa shape index (κ3) is 4.63. The first-order valence-electron chi connectivity index (χ1n) is 9.56. The zero-order valence-electron chi connectivity index (χ0n) is 16.3. The van der Waals surface area contributed by atoms with Gasteiger partial charge < -0.3 is 11.1 Å². The fourth-order valence-electron chi connectivity index (χ4n) is 3.37. The van der Waals surface area contributed by atoms with E-state index in [0.29, 0.717) is 23.1 Å². The van der Waals surface area contributed by atoms with E-state index in [-0.39, 0.29) is 28.5 Å². The van der Waals surface area contributed by atoms with Crippen LogP contribution in [-0.2, 0) is 16.6 Å². The summed E-state index contributed by atoms with van der Waals surface area (Å²) in [5.74, 6) is -0.874. The monoisotopic (exact) mass is 442 g/mol. The summed E-state index contributed by atoms with van der Waals surface area (Å²) in [4.78, 5) is 27.5. The van der Waals surface area contributed by atoms with Crippen LogP contribution in [0.3, 0.4) is 0 Å². The Balaban J connectivity index is 1.37. The van der Waals surface area contributed by atoms with E-state index < -0.39 is 11.8 Å². The van der Waals surface area contributed by atoms with E-state index in [2.05, 4.69) is 36.0 Å². The summed E-state index contributed by atoms with van der Waals surface area (Å²) in [5, 5.41) is 21.9. The number of carbonyl (C=O) groups excluding carboxylic acids is 2. The number of anilines is 2. The normalized spacial score (nSPS) is 14.5. The van der Waals surface area contributed by atoms with Crippen molar-refractivity contribution in [3.8, 4) is 0 Å². The van der Waals surface area contributed by atoms with Crippen LogP contribution in [0.1, 0.15) is 40.5 Å². The Bertz CT molecular complexity index is 1100. The maximum Gasteiger partial charge on any atom is 0.278 e. The molecule has 31 heavy (non-hydrogen) atoms. The number of halogens is 1. The molecule has 1 aliphatic rings. The first-order chi connectivity index (χ1) is 14.9. The number of hydrogen-bond acceptors (Lipinski definition) is 9. The van der Waals surface area contributed by atoms with Gasteiger partial charge in [-0.1, -0.05) is 17.8 Å². The van der Waals surface area contributed by atoms with Crippen molar-refractivity contribution in [1.29, 1.82) is 0 Å². The lowest BCUT2D eigenvalue weighted by Gasteiger charge is -2.41. The van der Waals surface area contributed by atoms with Crippen molar-refractivity contribution in [2.24, 2.45) is 5.73 Å². The molecule has 1 saturated carbocycles. The number of nitrogens with one attached hydrogen (secondary N) is 2. The van der Waals surface area contributed by atoms with E-state index in [1.807, 2.05) is 0 Å². The lowest BCUT2D eigenvalue weighted by molar-refractivity contribution is -0.117. The highest BCUT2D eigenvalue weighted by atomic mass is 32.1. The van der Waals surface area contributed by atoms with Gasteiger partial charge in [-0.2, -0.15) is 0 Å². The molecule has 3 aromatic heterocycles. The van der Waals surface area contributed by atoms with E-state index >= 15 is 0 Å². The van der Waals surface area contributed by atoms with Crippen LogP contribution in [-0.4, -0.2) is 43.7 Å². The predicted molar refractivity (Wildman–Crippen MR) is 111 cm³/mol. The third-order valence-corrected chi connectivity index (χ3v) is 5.93. The van der Waals surface area contributed by atoms with Gasteiger partial charge in [-0.05, 0) is 37.1 Å². The maximum absolute atomic E-state index is 14.2. The van der Waals surface area contributed by atoms with E-state index in [1.54, 1.807) is 18.3 Å². The number of amides is 2. The molecule has 10 nitrogen and oxygen atoms in total. The van der Waals surface area contributed by atoms with Gasteiger partial charge in [0.1, 0.15) is 16.6 Å². The standard InChI is InChI=1S/C19H19FN8O2S/c20-11-3-1-8-22-16(11)19(6-2-7-19)10-23-14-5-4-12(25-26-14)17(30)24-18-28-27-15(31-18)9-13(21)29/h1,3-5,8H,2,6-7,9-10H2,(H2,21,29)(H,23,26)(H,24,28,30). The highest BCUT2D eigenvalue weighted by Gasteiger charge is 2.41. The average Bonchev–Trinajstić information content (AvgIpc) is 3.14. The molecule has 0 saturated heterocycles. The molecule has 0 bridgehead atoms. The fraction of sp³-hybridized carbons (Fsp3) is 0.316. The molecule has 160 valence electrons. The summed E-state index contributed by atoms with van der Waals surface area (Å²) < 4.78 is 14.2. The van der Waals surface area contributed by atoms with Crippen LogP contribution in [0, 0.1) is 5.82 Å². The number of pyridine rings is 1. The Hall–Kier alpha value is -3.54. The van der Waals surface area contributed by atoms with Gasteiger partial charge in [-0.3, -0.25) is 19.9 Å². The maximum atomic E-state index is 14.2. The zero-order valence-corrected chi connectivity index (χ0v) is 17.2. The highest BCUT2D eigenvalue weighted by molar-refractivity contribution is 7.15. The van der Waals surface area contributed by atoms with Gasteiger partial charge in [0.15, 0.2) is 5.69 Å². The summed E-state index contributed by atoms with van der Waals surface area (Å²) >= 11 is 1.05. The Morgan fingerprint density at radius 2 is 2.00 bits per heavy atom. The second-order valence-electron chi connectivity index (χ2n) is 7.22. The van der Waals surface area contributed by atoms with Gasteiger partial charge in [-0.25, -0.2) is 4.39 Å². The topological polar surface area (TPSA) is 149 Å². The van der Waals surface area contributed by atoms with Crippen molar-refractivity contribution >= 4 is 34.1 Å². The second kappa shape index (κ2) is 8.68. The Labute approximate surface area is 180 Å². The van der Waals surface area contributed by atoms with Crippen LogP contribution < -0.4 is 16.4 Å². The molecule has 2 amide bonds. The molecule has 4 rings (SSSR count). The Morgan fingerprint density at radius 1 is 1.16 bits per heavy atom. The van der Waals surface area contributed by atoms with Gasteiger partial charge in [0.2, 0.25) is 11.0 Å². The molecule has 3 heterocycles. The number of aromatic nitrogens is 5. The van der Waals surface area contributed by atoms with E-state index in [1.165, 1.54) is 12.1 Å². The van der Waals surface area contributed by atoms with Crippen LogP contribution in [0.5, 0.6) is 0 Å². The fourth-order valence-corrected chi connectivity index (χ4v) is 4.11. The van der Waals surface area contributed by atoms with Crippen LogP contribution in [0.2, 0.25) is 0 Å². The van der Waals surface area contributed by atoms with Crippen LogP contribution in [0.25, 0.3) is 0 Å². The van der Waals surface area contributed by atoms with Gasteiger partial charge >= 0.3 is 0 Å². The van der Waals surface area contributed by atoms with Crippen molar-refractivity contribution in [2.45, 2.75) is 31.1 Å². The molecule has 12 heteroatoms. The van der Waals surface area contributed by atoms with Gasteiger partial charge in [0.25, 0.3) is 5.91 Å². The summed E-state index contributed by atoms with van der Waals surface area (Å²) in [7, 11) is 0. The number of nitrogens with zero attached hydrogens (tertiary/aromatic N) is 5. The minimum atomic E-state index is -0.530. The number of nitrogens with two attached hydrogens (primary N) is 1. The zero-order chi connectivity index (χ0) is 21.8. The molecule has 0 unspecified atom stereocenters. The molecule has 0 spiro atoms. The smallest absolute Gasteiger partial charge is 0.278 e. The van der Waals surface area contributed by atoms with Crippen molar-refractivity contribution in [3.05, 3.63) is 52.7 Å². The van der Waals surface area contributed by atoms with Gasteiger partial charge in [0, 0.05) is 18.2 Å². The van der Waals surface area contributed by atoms with Crippen molar-refractivity contribution in [3.63, 3.8) is 0 Å². The molecule has 0 aromatic carbocycles. The lowest BCUT2D eigenvalue weighted by atomic mass is 9.66. The SMILES string of the molecule is NC(=O)Cc1nnc(NC(=O)c2ccc(NCC3(c4ncccc4F)CCC3)nn2)s1. The largest absolute Gasteiger partial charge is 0.369 e. The van der Waals surface area contributed by atoms with Crippen molar-refractivity contribution < 1.29 is 14.0 Å². The molecule has 0 atom stereocenters. The minimum absolute atomic E-state index is 0.0440. The Morgan fingerprint density at radius 3 is 2.65 bits per heavy atom. The second-order valence-corrected chi connectivity index (χ2v) is 8.29. The molecule has 0 aliphatic heterocycles. The molecule has 3 aromatic rings. The quantitative estimate of drug-likeness (QED) is 0.477. The predicted octanol–water partition coefficient (Wildman–Crippen LogP) is 1.68. The summed E-state index contributed by atoms with van der Waals surface area (Å²) in [6, 6.07) is 6.14. The lowest BCUT2D eigenvalue weighted by Crippen LogP contribution is -2.42. The molecule has 4 N–H and O–H groups in total. The van der Waals surface area contributed by atoms with Crippen LogP contribution in [0.15, 0.2) is 30.5 Å². The molecule has 1 aliphatic carbocycles. The van der Waals surface area contributed by atoms with Crippen molar-refractivity contribution in [1.82, 2.24) is 25.4 Å². The third-order valence-electron chi connectivity index (χ3n) is 5.09. The van der Waals surface area contributed by atoms with E-state index in [9.17, 15) is 14.0 Å². The van der Waals surface area contributed by atoms with Gasteiger partial charge in [0.05, 0.1) is 12.1 Å². The Kier molecular flexibility index (Phi) is 5.80. The summed E-state index contributed by atoms with van der Waals surface area (Å²) in [6.07, 6.45) is 4.23. The molecule has 1 fully saturated rings. The summed E-state index contributed by atoms with van der Waals surface area (Å²) in [5.41, 5.74) is 5.29. The first kappa shape index (κ1) is 20.7. The highest BCUT2D eigenvalue weighted by Crippen LogP contribution is 2.43. The molecular weight excluding hydrogens is 423 g/mol. The van der Waals surface area contributed by atoms with Crippen LogP contribution in [0.4, 0.5) is 15.3 Å². The number of rotatable bonds is 8. The molecular formula is C19H19FN8O2S. The van der Waals surface area contributed by atoms with Crippen molar-refractivity contribution in [2.75, 3.05) is 17.2 Å². The number of primary amides is 1. The van der Waals surface area contributed by atoms with E-state index in [0.717, 1.165) is 30.6 Å². The average molecular weight is 442 g/mol. The number of carbonyl (C=O) groups is 2.